The van der Waals surface area contributed by atoms with Crippen molar-refractivity contribution < 1.29 is 8.42 Å². The van der Waals surface area contributed by atoms with Crippen molar-refractivity contribution in [1.29, 1.82) is 5.26 Å². The van der Waals surface area contributed by atoms with E-state index >= 15 is 0 Å². The van der Waals surface area contributed by atoms with E-state index in [0.717, 1.165) is 5.75 Å². The molecule has 4 nitrogen and oxygen atoms in total. The highest BCUT2D eigenvalue weighted by atomic mass is 32.2. The molecule has 0 spiro atoms. The van der Waals surface area contributed by atoms with E-state index in [1.807, 2.05) is 12.3 Å². The SMILES string of the molecule is CSCCN(C)S(=O)(=O)c1ccccc1C#N. The van der Waals surface area contributed by atoms with E-state index in [-0.39, 0.29) is 10.5 Å². The van der Waals surface area contributed by atoms with Gasteiger partial charge in [0.15, 0.2) is 0 Å². The molecule has 1 aromatic rings. The maximum absolute atomic E-state index is 12.2. The van der Waals surface area contributed by atoms with Crippen LogP contribution in [0.4, 0.5) is 0 Å². The summed E-state index contributed by atoms with van der Waals surface area (Å²) in [6.45, 7) is 0.434. The van der Waals surface area contributed by atoms with Gasteiger partial charge in [0, 0.05) is 19.3 Å². The topological polar surface area (TPSA) is 61.2 Å². The molecule has 0 aromatic heterocycles. The molecule has 0 aliphatic carbocycles. The first-order valence-corrected chi connectivity index (χ1v) is 7.82. The third-order valence-corrected chi connectivity index (χ3v) is 4.81. The Kier molecular flexibility index (Phi) is 5.00. The molecule has 0 atom stereocenters. The summed E-state index contributed by atoms with van der Waals surface area (Å²) in [6, 6.07) is 8.15. The Morgan fingerprint density at radius 2 is 2.06 bits per heavy atom. The summed E-state index contributed by atoms with van der Waals surface area (Å²) < 4.78 is 25.6. The average Bonchev–Trinajstić information content (AvgIpc) is 2.35. The second kappa shape index (κ2) is 6.05. The third-order valence-electron chi connectivity index (χ3n) is 2.31. The number of hydrogen-bond donors (Lipinski definition) is 0. The van der Waals surface area contributed by atoms with E-state index in [0.29, 0.717) is 6.54 Å². The van der Waals surface area contributed by atoms with Crippen LogP contribution in [-0.2, 0) is 10.0 Å². The highest BCUT2D eigenvalue weighted by Gasteiger charge is 2.23. The summed E-state index contributed by atoms with van der Waals surface area (Å²) in [4.78, 5) is 0.0751. The molecule has 92 valence electrons. The quantitative estimate of drug-likeness (QED) is 0.814. The van der Waals surface area contributed by atoms with E-state index < -0.39 is 10.0 Å². The summed E-state index contributed by atoms with van der Waals surface area (Å²) >= 11 is 1.58. The maximum Gasteiger partial charge on any atom is 0.244 e. The zero-order valence-corrected chi connectivity index (χ0v) is 11.4. The Morgan fingerprint density at radius 1 is 1.41 bits per heavy atom. The summed E-state index contributed by atoms with van der Waals surface area (Å²) in [6.07, 6.45) is 1.92. The second-order valence-corrected chi connectivity index (χ2v) is 6.43. The highest BCUT2D eigenvalue weighted by molar-refractivity contribution is 7.98. The number of nitrogens with zero attached hydrogens (tertiary/aromatic N) is 2. The fourth-order valence-electron chi connectivity index (χ4n) is 1.29. The van der Waals surface area contributed by atoms with Gasteiger partial charge in [0.2, 0.25) is 10.0 Å². The van der Waals surface area contributed by atoms with Crippen LogP contribution in [0.3, 0.4) is 0 Å². The minimum absolute atomic E-state index is 0.0751. The summed E-state index contributed by atoms with van der Waals surface area (Å²) in [5, 5.41) is 8.90. The van der Waals surface area contributed by atoms with Crippen LogP contribution in [-0.4, -0.2) is 38.3 Å². The van der Waals surface area contributed by atoms with Crippen molar-refractivity contribution in [2.75, 3.05) is 25.6 Å². The van der Waals surface area contributed by atoms with E-state index in [1.165, 1.54) is 23.5 Å². The van der Waals surface area contributed by atoms with Crippen LogP contribution in [0.15, 0.2) is 29.2 Å². The van der Waals surface area contributed by atoms with Crippen molar-refractivity contribution >= 4 is 21.8 Å². The van der Waals surface area contributed by atoms with Gasteiger partial charge in [0.1, 0.15) is 6.07 Å². The molecule has 0 unspecified atom stereocenters. The van der Waals surface area contributed by atoms with Gasteiger partial charge in [-0.25, -0.2) is 12.7 Å². The smallest absolute Gasteiger partial charge is 0.207 e. The normalized spacial score (nSPS) is 11.4. The van der Waals surface area contributed by atoms with Crippen LogP contribution in [0.25, 0.3) is 0 Å². The fraction of sp³-hybridized carbons (Fsp3) is 0.364. The monoisotopic (exact) mass is 270 g/mol. The number of thioether (sulfide) groups is 1. The van der Waals surface area contributed by atoms with Crippen LogP contribution in [0.2, 0.25) is 0 Å². The molecule has 0 saturated heterocycles. The first-order chi connectivity index (χ1) is 8.04. The molecule has 0 aliphatic heterocycles. The summed E-state index contributed by atoms with van der Waals surface area (Å²) in [5.74, 6) is 0.727. The van der Waals surface area contributed by atoms with E-state index in [1.54, 1.807) is 23.9 Å². The predicted octanol–water partition coefficient (Wildman–Crippen LogP) is 1.54. The molecule has 0 bridgehead atoms. The van der Waals surface area contributed by atoms with E-state index in [2.05, 4.69) is 0 Å². The van der Waals surface area contributed by atoms with Crippen LogP contribution in [0.1, 0.15) is 5.56 Å². The fourth-order valence-corrected chi connectivity index (χ4v) is 3.17. The molecule has 0 fully saturated rings. The van der Waals surface area contributed by atoms with Crippen molar-refractivity contribution in [3.63, 3.8) is 0 Å². The summed E-state index contributed by atoms with van der Waals surface area (Å²) in [5.41, 5.74) is 0.184. The zero-order chi connectivity index (χ0) is 12.9. The van der Waals surface area contributed by atoms with E-state index in [9.17, 15) is 8.42 Å². The lowest BCUT2D eigenvalue weighted by Gasteiger charge is -2.17. The Bertz CT molecular complexity index is 521. The Morgan fingerprint density at radius 3 is 2.65 bits per heavy atom. The molecular weight excluding hydrogens is 256 g/mol. The number of hydrogen-bond acceptors (Lipinski definition) is 4. The van der Waals surface area contributed by atoms with Gasteiger partial charge in [-0.15, -0.1) is 0 Å². The number of rotatable bonds is 5. The molecule has 0 saturated carbocycles. The molecule has 1 rings (SSSR count). The van der Waals surface area contributed by atoms with Gasteiger partial charge in [-0.05, 0) is 18.4 Å². The largest absolute Gasteiger partial charge is 0.244 e. The Hall–Kier alpha value is -1.03. The standard InChI is InChI=1S/C11H14N2O2S2/c1-13(7-8-16-2)17(14,15)11-6-4-3-5-10(11)9-12/h3-6H,7-8H2,1-2H3. The molecule has 0 radical (unpaired) electrons. The first-order valence-electron chi connectivity index (χ1n) is 4.98. The molecular formula is C11H14N2O2S2. The Labute approximate surface area is 106 Å². The van der Waals surface area contributed by atoms with Gasteiger partial charge in [-0.3, -0.25) is 0 Å². The lowest BCUT2D eigenvalue weighted by molar-refractivity contribution is 0.488. The molecule has 6 heteroatoms. The molecule has 0 amide bonds. The first kappa shape index (κ1) is 14.0. The van der Waals surface area contributed by atoms with Crippen molar-refractivity contribution in [2.24, 2.45) is 0 Å². The van der Waals surface area contributed by atoms with Gasteiger partial charge in [0.05, 0.1) is 10.5 Å². The molecule has 0 N–H and O–H groups in total. The van der Waals surface area contributed by atoms with Crippen molar-refractivity contribution in [3.8, 4) is 6.07 Å². The van der Waals surface area contributed by atoms with Crippen LogP contribution >= 0.6 is 11.8 Å². The minimum Gasteiger partial charge on any atom is -0.207 e. The van der Waals surface area contributed by atoms with Crippen molar-refractivity contribution in [2.45, 2.75) is 4.90 Å². The average molecular weight is 270 g/mol. The van der Waals surface area contributed by atoms with Gasteiger partial charge in [-0.1, -0.05) is 12.1 Å². The van der Waals surface area contributed by atoms with Crippen LogP contribution < -0.4 is 0 Å². The minimum atomic E-state index is -3.56. The van der Waals surface area contributed by atoms with Gasteiger partial charge >= 0.3 is 0 Å². The Balaban J connectivity index is 3.10. The van der Waals surface area contributed by atoms with Gasteiger partial charge < -0.3 is 0 Å². The molecule has 17 heavy (non-hydrogen) atoms. The van der Waals surface area contributed by atoms with Crippen molar-refractivity contribution in [1.82, 2.24) is 4.31 Å². The molecule has 1 aromatic carbocycles. The van der Waals surface area contributed by atoms with Crippen LogP contribution in [0, 0.1) is 11.3 Å². The number of nitriles is 1. The predicted molar refractivity (Wildman–Crippen MR) is 69.4 cm³/mol. The highest BCUT2D eigenvalue weighted by Crippen LogP contribution is 2.18. The summed E-state index contributed by atoms with van der Waals surface area (Å²) in [7, 11) is -2.03. The lowest BCUT2D eigenvalue weighted by Crippen LogP contribution is -2.29. The third kappa shape index (κ3) is 3.22. The zero-order valence-electron chi connectivity index (χ0n) is 9.75. The van der Waals surface area contributed by atoms with E-state index in [4.69, 9.17) is 5.26 Å². The molecule has 0 heterocycles. The van der Waals surface area contributed by atoms with Crippen molar-refractivity contribution in [3.05, 3.63) is 29.8 Å². The number of benzene rings is 1. The van der Waals surface area contributed by atoms with Crippen LogP contribution in [0.5, 0.6) is 0 Å². The van der Waals surface area contributed by atoms with Gasteiger partial charge in [0.25, 0.3) is 0 Å². The van der Waals surface area contributed by atoms with Gasteiger partial charge in [-0.2, -0.15) is 17.0 Å². The maximum atomic E-state index is 12.2. The lowest BCUT2D eigenvalue weighted by atomic mass is 10.2. The molecule has 0 aliphatic rings. The number of sulfonamides is 1. The second-order valence-electron chi connectivity index (χ2n) is 3.43.